The van der Waals surface area contributed by atoms with Crippen LogP contribution in [-0.2, 0) is 16.6 Å². The highest BCUT2D eigenvalue weighted by Gasteiger charge is 2.19. The average Bonchev–Trinajstić information content (AvgIpc) is 2.28. The van der Waals surface area contributed by atoms with Gasteiger partial charge in [-0.1, -0.05) is 52.0 Å². The first-order valence-electron chi connectivity index (χ1n) is 6.67. The van der Waals surface area contributed by atoms with Crippen molar-refractivity contribution in [3.05, 3.63) is 35.4 Å². The number of benzene rings is 1. The van der Waals surface area contributed by atoms with E-state index in [1.807, 2.05) is 13.0 Å². The van der Waals surface area contributed by atoms with Crippen LogP contribution in [0.4, 0.5) is 0 Å². The van der Waals surface area contributed by atoms with Gasteiger partial charge in [-0.3, -0.25) is 4.79 Å². The van der Waals surface area contributed by atoms with Crippen LogP contribution in [0, 0.1) is 5.92 Å². The van der Waals surface area contributed by atoms with Gasteiger partial charge in [0.25, 0.3) is 0 Å². The van der Waals surface area contributed by atoms with Crippen molar-refractivity contribution in [1.82, 2.24) is 0 Å². The van der Waals surface area contributed by atoms with Gasteiger partial charge in [-0.2, -0.15) is 0 Å². The topological polar surface area (TPSA) is 37.3 Å². The molecule has 0 amide bonds. The number of carbonyl (C=O) groups is 1. The summed E-state index contributed by atoms with van der Waals surface area (Å²) in [5, 5.41) is 9.08. The summed E-state index contributed by atoms with van der Waals surface area (Å²) in [6.07, 6.45) is 2.27. The zero-order chi connectivity index (χ0) is 13.8. The van der Waals surface area contributed by atoms with Crippen molar-refractivity contribution in [2.45, 2.75) is 52.4 Å². The van der Waals surface area contributed by atoms with Crippen LogP contribution in [0.5, 0.6) is 0 Å². The lowest BCUT2D eigenvalue weighted by atomic mass is 9.82. The lowest BCUT2D eigenvalue weighted by Gasteiger charge is -2.23. The minimum absolute atomic E-state index is 0.113. The molecule has 2 nitrogen and oxygen atoms in total. The fraction of sp³-hybridized carbons (Fsp3) is 0.562. The first-order valence-corrected chi connectivity index (χ1v) is 6.67. The van der Waals surface area contributed by atoms with Crippen molar-refractivity contribution in [1.29, 1.82) is 0 Å². The molecule has 1 atom stereocenters. The SMILES string of the molecule is CCC(CCc1ccccc1C(C)(C)C)C(=O)O. The van der Waals surface area contributed by atoms with Gasteiger partial charge in [-0.05, 0) is 35.8 Å². The number of hydrogen-bond donors (Lipinski definition) is 1. The van der Waals surface area contributed by atoms with Crippen molar-refractivity contribution in [2.24, 2.45) is 5.92 Å². The fourth-order valence-electron chi connectivity index (χ4n) is 2.30. The average molecular weight is 248 g/mol. The van der Waals surface area contributed by atoms with E-state index in [9.17, 15) is 4.79 Å². The summed E-state index contributed by atoms with van der Waals surface area (Å²) in [5.41, 5.74) is 2.72. The van der Waals surface area contributed by atoms with Crippen LogP contribution in [0.15, 0.2) is 24.3 Å². The van der Waals surface area contributed by atoms with Crippen LogP contribution in [-0.4, -0.2) is 11.1 Å². The molecule has 0 spiro atoms. The summed E-state index contributed by atoms with van der Waals surface area (Å²) >= 11 is 0. The lowest BCUT2D eigenvalue weighted by Crippen LogP contribution is -2.17. The Hall–Kier alpha value is -1.31. The summed E-state index contributed by atoms with van der Waals surface area (Å²) in [6, 6.07) is 8.36. The predicted octanol–water partition coefficient (Wildman–Crippen LogP) is 4.03. The van der Waals surface area contributed by atoms with Crippen molar-refractivity contribution < 1.29 is 9.90 Å². The van der Waals surface area contributed by atoms with E-state index in [0.29, 0.717) is 6.42 Å². The van der Waals surface area contributed by atoms with E-state index < -0.39 is 5.97 Å². The molecular formula is C16H24O2. The number of carboxylic acids is 1. The molecular weight excluding hydrogens is 224 g/mol. The van der Waals surface area contributed by atoms with Crippen molar-refractivity contribution in [3.8, 4) is 0 Å². The van der Waals surface area contributed by atoms with Gasteiger partial charge in [0.1, 0.15) is 0 Å². The number of rotatable bonds is 5. The van der Waals surface area contributed by atoms with E-state index in [2.05, 4.69) is 39.0 Å². The van der Waals surface area contributed by atoms with Crippen molar-refractivity contribution >= 4 is 5.97 Å². The van der Waals surface area contributed by atoms with E-state index in [0.717, 1.165) is 12.8 Å². The normalized spacial score (nSPS) is 13.3. The molecule has 0 aliphatic heterocycles. The largest absolute Gasteiger partial charge is 0.481 e. The second-order valence-electron chi connectivity index (χ2n) is 5.89. The molecule has 1 aromatic rings. The van der Waals surface area contributed by atoms with Crippen LogP contribution >= 0.6 is 0 Å². The van der Waals surface area contributed by atoms with Gasteiger partial charge in [0, 0.05) is 0 Å². The summed E-state index contributed by atoms with van der Waals surface area (Å²) in [6.45, 7) is 8.52. The quantitative estimate of drug-likeness (QED) is 0.854. The van der Waals surface area contributed by atoms with Gasteiger partial charge in [0.05, 0.1) is 5.92 Å². The van der Waals surface area contributed by atoms with Crippen molar-refractivity contribution in [3.63, 3.8) is 0 Å². The smallest absolute Gasteiger partial charge is 0.306 e. The summed E-state index contributed by atoms with van der Waals surface area (Å²) in [5.74, 6) is -0.899. The maximum atomic E-state index is 11.0. The molecule has 0 saturated heterocycles. The van der Waals surface area contributed by atoms with Crippen LogP contribution in [0.3, 0.4) is 0 Å². The van der Waals surface area contributed by atoms with Gasteiger partial charge in [-0.25, -0.2) is 0 Å². The molecule has 0 aliphatic rings. The first kappa shape index (κ1) is 14.7. The Morgan fingerprint density at radius 2 is 1.89 bits per heavy atom. The van der Waals surface area contributed by atoms with E-state index in [1.165, 1.54) is 11.1 Å². The molecule has 1 rings (SSSR count). The molecule has 1 aromatic carbocycles. The molecule has 0 heterocycles. The summed E-state index contributed by atoms with van der Waals surface area (Å²) in [4.78, 5) is 11.0. The maximum Gasteiger partial charge on any atom is 0.306 e. The van der Waals surface area contributed by atoms with Gasteiger partial charge >= 0.3 is 5.97 Å². The van der Waals surface area contributed by atoms with Gasteiger partial charge in [-0.15, -0.1) is 0 Å². The number of aryl methyl sites for hydroxylation is 1. The predicted molar refractivity (Wildman–Crippen MR) is 74.9 cm³/mol. The highest BCUT2D eigenvalue weighted by molar-refractivity contribution is 5.69. The number of aliphatic carboxylic acids is 1. The Morgan fingerprint density at radius 1 is 1.28 bits per heavy atom. The Balaban J connectivity index is 2.82. The molecule has 1 N–H and O–H groups in total. The monoisotopic (exact) mass is 248 g/mol. The minimum Gasteiger partial charge on any atom is -0.481 e. The third kappa shape index (κ3) is 3.86. The third-order valence-electron chi connectivity index (χ3n) is 3.43. The van der Waals surface area contributed by atoms with Crippen LogP contribution in [0.25, 0.3) is 0 Å². The van der Waals surface area contributed by atoms with E-state index in [4.69, 9.17) is 5.11 Å². The van der Waals surface area contributed by atoms with Crippen LogP contribution in [0.2, 0.25) is 0 Å². The standard InChI is InChI=1S/C16H24O2/c1-5-12(15(17)18)10-11-13-8-6-7-9-14(13)16(2,3)4/h6-9,12H,5,10-11H2,1-4H3,(H,17,18). The summed E-state index contributed by atoms with van der Waals surface area (Å²) in [7, 11) is 0. The van der Waals surface area contributed by atoms with Gasteiger partial charge in [0.2, 0.25) is 0 Å². The molecule has 1 unspecified atom stereocenters. The third-order valence-corrected chi connectivity index (χ3v) is 3.43. The zero-order valence-corrected chi connectivity index (χ0v) is 11.9. The highest BCUT2D eigenvalue weighted by atomic mass is 16.4. The molecule has 0 radical (unpaired) electrons. The second kappa shape index (κ2) is 6.03. The Labute approximate surface area is 110 Å². The second-order valence-corrected chi connectivity index (χ2v) is 5.89. The molecule has 100 valence electrons. The fourth-order valence-corrected chi connectivity index (χ4v) is 2.30. The molecule has 0 bridgehead atoms. The Morgan fingerprint density at radius 3 is 2.39 bits per heavy atom. The Bertz CT molecular complexity index is 402. The molecule has 0 fully saturated rings. The highest BCUT2D eigenvalue weighted by Crippen LogP contribution is 2.27. The lowest BCUT2D eigenvalue weighted by molar-refractivity contribution is -0.142. The molecule has 18 heavy (non-hydrogen) atoms. The van der Waals surface area contributed by atoms with Crippen LogP contribution < -0.4 is 0 Å². The van der Waals surface area contributed by atoms with E-state index >= 15 is 0 Å². The number of carboxylic acid groups (broad SMARTS) is 1. The molecule has 2 heteroatoms. The van der Waals surface area contributed by atoms with Crippen LogP contribution in [0.1, 0.15) is 51.7 Å². The first-order chi connectivity index (χ1) is 8.36. The van der Waals surface area contributed by atoms with E-state index in [1.54, 1.807) is 0 Å². The minimum atomic E-state index is -0.675. The zero-order valence-electron chi connectivity index (χ0n) is 11.9. The van der Waals surface area contributed by atoms with Gasteiger partial charge < -0.3 is 5.11 Å². The van der Waals surface area contributed by atoms with E-state index in [-0.39, 0.29) is 11.3 Å². The van der Waals surface area contributed by atoms with Crippen molar-refractivity contribution in [2.75, 3.05) is 0 Å². The Kier molecular flexibility index (Phi) is 4.94. The molecule has 0 aliphatic carbocycles. The summed E-state index contributed by atoms with van der Waals surface area (Å²) < 4.78 is 0. The molecule has 0 aromatic heterocycles. The van der Waals surface area contributed by atoms with Gasteiger partial charge in [0.15, 0.2) is 0 Å². The molecule has 0 saturated carbocycles. The maximum absolute atomic E-state index is 11.0. The number of hydrogen-bond acceptors (Lipinski definition) is 1.